The van der Waals surface area contributed by atoms with Crippen LogP contribution in [0.1, 0.15) is 10.4 Å². The highest BCUT2D eigenvalue weighted by Crippen LogP contribution is 2.34. The van der Waals surface area contributed by atoms with E-state index in [1.54, 1.807) is 42.5 Å². The van der Waals surface area contributed by atoms with Gasteiger partial charge < -0.3 is 16.2 Å². The highest BCUT2D eigenvalue weighted by molar-refractivity contribution is 6.06. The lowest BCUT2D eigenvalue weighted by atomic mass is 9.96. The van der Waals surface area contributed by atoms with Gasteiger partial charge in [-0.05, 0) is 34.5 Å². The molecule has 0 spiro atoms. The van der Waals surface area contributed by atoms with Gasteiger partial charge in [-0.3, -0.25) is 4.79 Å². The van der Waals surface area contributed by atoms with E-state index >= 15 is 0 Å². The standard InChI is InChI=1S/C19H16FN3O2/c1-25-16-7-3-6-14(17(16)20)13-5-2-4-11-8-9-12(10-15(11)13)18(24)23-19(21)22/h2-10H,1H3,(H4,21,22,23,24). The SMILES string of the molecule is COc1cccc(-c2cccc3ccc(C(=O)N=C(N)N)cc23)c1F. The third-order valence-electron chi connectivity index (χ3n) is 3.83. The molecule has 0 saturated carbocycles. The second-order valence-corrected chi connectivity index (χ2v) is 5.41. The van der Waals surface area contributed by atoms with Crippen molar-refractivity contribution < 1.29 is 13.9 Å². The summed E-state index contributed by atoms with van der Waals surface area (Å²) in [6.45, 7) is 0. The molecule has 0 saturated heterocycles. The molecule has 0 aliphatic carbocycles. The Morgan fingerprint density at radius 2 is 1.76 bits per heavy atom. The number of hydrogen-bond donors (Lipinski definition) is 2. The Balaban J connectivity index is 2.23. The molecule has 0 aromatic heterocycles. The van der Waals surface area contributed by atoms with Gasteiger partial charge in [-0.2, -0.15) is 4.99 Å². The van der Waals surface area contributed by atoms with Crippen molar-refractivity contribution in [1.29, 1.82) is 0 Å². The maximum Gasteiger partial charge on any atom is 0.280 e. The van der Waals surface area contributed by atoms with Gasteiger partial charge in [0.2, 0.25) is 0 Å². The highest BCUT2D eigenvalue weighted by Gasteiger charge is 2.14. The van der Waals surface area contributed by atoms with E-state index in [0.717, 1.165) is 5.39 Å². The van der Waals surface area contributed by atoms with Gasteiger partial charge in [-0.25, -0.2) is 4.39 Å². The zero-order valence-electron chi connectivity index (χ0n) is 13.5. The van der Waals surface area contributed by atoms with Gasteiger partial charge >= 0.3 is 0 Å². The first-order valence-electron chi connectivity index (χ1n) is 7.51. The van der Waals surface area contributed by atoms with Crippen LogP contribution in [0.4, 0.5) is 4.39 Å². The molecule has 25 heavy (non-hydrogen) atoms. The quantitative estimate of drug-likeness (QED) is 0.568. The molecule has 3 aromatic carbocycles. The normalized spacial score (nSPS) is 10.5. The zero-order chi connectivity index (χ0) is 18.0. The van der Waals surface area contributed by atoms with Crippen molar-refractivity contribution >= 4 is 22.6 Å². The predicted octanol–water partition coefficient (Wildman–Crippen LogP) is 3.07. The molecule has 0 aliphatic heterocycles. The number of methoxy groups -OCH3 is 1. The number of carbonyl (C=O) groups excluding carboxylic acids is 1. The molecule has 4 N–H and O–H groups in total. The van der Waals surface area contributed by atoms with Crippen LogP contribution in [0.5, 0.6) is 5.75 Å². The number of benzene rings is 3. The summed E-state index contributed by atoms with van der Waals surface area (Å²) in [5.41, 5.74) is 11.9. The number of amides is 1. The zero-order valence-corrected chi connectivity index (χ0v) is 13.5. The van der Waals surface area contributed by atoms with E-state index in [0.29, 0.717) is 22.1 Å². The average Bonchev–Trinajstić information content (AvgIpc) is 2.60. The van der Waals surface area contributed by atoms with Crippen molar-refractivity contribution in [3.63, 3.8) is 0 Å². The van der Waals surface area contributed by atoms with Gasteiger partial charge in [-0.1, -0.05) is 36.4 Å². The number of ether oxygens (including phenoxy) is 1. The first-order valence-corrected chi connectivity index (χ1v) is 7.51. The van der Waals surface area contributed by atoms with Crippen LogP contribution in [0.3, 0.4) is 0 Å². The molecule has 5 nitrogen and oxygen atoms in total. The number of fused-ring (bicyclic) bond motifs is 1. The molecular weight excluding hydrogens is 321 g/mol. The average molecular weight is 337 g/mol. The van der Waals surface area contributed by atoms with Crippen LogP contribution in [-0.2, 0) is 0 Å². The van der Waals surface area contributed by atoms with Crippen molar-refractivity contribution in [3.8, 4) is 16.9 Å². The molecule has 0 heterocycles. The molecule has 3 aromatic rings. The minimum absolute atomic E-state index is 0.155. The Labute approximate surface area is 143 Å². The Kier molecular flexibility index (Phi) is 4.35. The fraction of sp³-hybridized carbons (Fsp3) is 0.0526. The van der Waals surface area contributed by atoms with Crippen LogP contribution in [0, 0.1) is 5.82 Å². The number of carbonyl (C=O) groups is 1. The topological polar surface area (TPSA) is 90.7 Å². The van der Waals surface area contributed by atoms with Gasteiger partial charge in [-0.15, -0.1) is 0 Å². The predicted molar refractivity (Wildman–Crippen MR) is 96.0 cm³/mol. The summed E-state index contributed by atoms with van der Waals surface area (Å²) in [7, 11) is 1.41. The fourth-order valence-electron chi connectivity index (χ4n) is 2.70. The molecule has 0 unspecified atom stereocenters. The van der Waals surface area contributed by atoms with Crippen LogP contribution in [0.2, 0.25) is 0 Å². The Bertz CT molecular complexity index is 995. The van der Waals surface area contributed by atoms with Gasteiger partial charge in [0.25, 0.3) is 5.91 Å². The van der Waals surface area contributed by atoms with E-state index in [2.05, 4.69) is 4.99 Å². The third-order valence-corrected chi connectivity index (χ3v) is 3.83. The third kappa shape index (κ3) is 3.14. The summed E-state index contributed by atoms with van der Waals surface area (Å²) < 4.78 is 19.7. The maximum absolute atomic E-state index is 14.7. The summed E-state index contributed by atoms with van der Waals surface area (Å²) in [5.74, 6) is -1.17. The molecule has 0 atom stereocenters. The second-order valence-electron chi connectivity index (χ2n) is 5.41. The fourth-order valence-corrected chi connectivity index (χ4v) is 2.70. The van der Waals surface area contributed by atoms with Gasteiger partial charge in [0, 0.05) is 11.1 Å². The van der Waals surface area contributed by atoms with Crippen molar-refractivity contribution in [2.75, 3.05) is 7.11 Å². The lowest BCUT2D eigenvalue weighted by molar-refractivity contribution is 0.100. The molecule has 1 amide bonds. The smallest absolute Gasteiger partial charge is 0.280 e. The van der Waals surface area contributed by atoms with E-state index < -0.39 is 11.7 Å². The summed E-state index contributed by atoms with van der Waals surface area (Å²) in [6.07, 6.45) is 0. The van der Waals surface area contributed by atoms with Crippen molar-refractivity contribution in [3.05, 3.63) is 66.0 Å². The molecule has 0 fully saturated rings. The van der Waals surface area contributed by atoms with Crippen LogP contribution in [0.25, 0.3) is 21.9 Å². The highest BCUT2D eigenvalue weighted by atomic mass is 19.1. The number of halogens is 1. The monoisotopic (exact) mass is 337 g/mol. The van der Waals surface area contributed by atoms with E-state index in [9.17, 15) is 9.18 Å². The first-order chi connectivity index (χ1) is 12.0. The van der Waals surface area contributed by atoms with Gasteiger partial charge in [0.15, 0.2) is 17.5 Å². The number of rotatable bonds is 3. The molecule has 126 valence electrons. The Hall–Kier alpha value is -3.41. The molecule has 0 bridgehead atoms. The van der Waals surface area contributed by atoms with Crippen molar-refractivity contribution in [2.45, 2.75) is 0 Å². The lowest BCUT2D eigenvalue weighted by Crippen LogP contribution is -2.24. The van der Waals surface area contributed by atoms with E-state index in [1.807, 2.05) is 12.1 Å². The molecule has 6 heteroatoms. The van der Waals surface area contributed by atoms with E-state index in [-0.39, 0.29) is 11.7 Å². The molecule has 0 aliphatic rings. The van der Waals surface area contributed by atoms with E-state index in [4.69, 9.17) is 16.2 Å². The van der Waals surface area contributed by atoms with Crippen molar-refractivity contribution in [2.24, 2.45) is 16.5 Å². The first kappa shape index (κ1) is 16.4. The van der Waals surface area contributed by atoms with Gasteiger partial charge in [0.05, 0.1) is 7.11 Å². The summed E-state index contributed by atoms with van der Waals surface area (Å²) in [4.78, 5) is 15.6. The lowest BCUT2D eigenvalue weighted by Gasteiger charge is -2.11. The number of nitrogens with two attached hydrogens (primary N) is 2. The molecule has 0 radical (unpaired) electrons. The molecular formula is C19H16FN3O2. The van der Waals surface area contributed by atoms with Crippen LogP contribution < -0.4 is 16.2 Å². The number of hydrogen-bond acceptors (Lipinski definition) is 2. The van der Waals surface area contributed by atoms with Crippen LogP contribution in [0.15, 0.2) is 59.6 Å². The largest absolute Gasteiger partial charge is 0.494 e. The summed E-state index contributed by atoms with van der Waals surface area (Å²) in [6, 6.07) is 15.5. The second kappa shape index (κ2) is 6.60. The Morgan fingerprint density at radius 1 is 1.04 bits per heavy atom. The maximum atomic E-state index is 14.7. The Morgan fingerprint density at radius 3 is 2.48 bits per heavy atom. The summed E-state index contributed by atoms with van der Waals surface area (Å²) >= 11 is 0. The molecule has 3 rings (SSSR count). The van der Waals surface area contributed by atoms with Crippen molar-refractivity contribution in [1.82, 2.24) is 0 Å². The minimum Gasteiger partial charge on any atom is -0.494 e. The number of nitrogens with zero attached hydrogens (tertiary/aromatic N) is 1. The summed E-state index contributed by atoms with van der Waals surface area (Å²) in [5, 5.41) is 1.58. The van der Waals surface area contributed by atoms with Crippen LogP contribution in [-0.4, -0.2) is 19.0 Å². The minimum atomic E-state index is -0.553. The number of aliphatic imine (C=N–C) groups is 1. The van der Waals surface area contributed by atoms with Crippen LogP contribution >= 0.6 is 0 Å². The van der Waals surface area contributed by atoms with E-state index in [1.165, 1.54) is 7.11 Å². The van der Waals surface area contributed by atoms with Gasteiger partial charge in [0.1, 0.15) is 0 Å². The number of guanidine groups is 1.